The largest absolute Gasteiger partial charge is 0.506 e. The van der Waals surface area contributed by atoms with Crippen molar-refractivity contribution in [2.75, 3.05) is 0 Å². The van der Waals surface area contributed by atoms with Gasteiger partial charge < -0.3 is 5.11 Å². The molecule has 4 aliphatic rings. The molecule has 128 valence electrons. The van der Waals surface area contributed by atoms with Crippen LogP contribution in [0.5, 0.6) is 5.75 Å². The molecule has 1 N–H and O–H groups in total. The molecule has 24 heavy (non-hydrogen) atoms. The first-order valence-corrected chi connectivity index (χ1v) is 9.61. The van der Waals surface area contributed by atoms with Crippen molar-refractivity contribution < 1.29 is 14.9 Å². The summed E-state index contributed by atoms with van der Waals surface area (Å²) < 4.78 is 0. The van der Waals surface area contributed by atoms with Crippen molar-refractivity contribution in [3.63, 3.8) is 0 Å². The molecule has 4 heteroatoms. The van der Waals surface area contributed by atoms with Crippen LogP contribution in [0.4, 0.5) is 0 Å². The van der Waals surface area contributed by atoms with E-state index in [2.05, 4.69) is 0 Å². The van der Waals surface area contributed by atoms with E-state index in [1.165, 1.54) is 51.4 Å². The Morgan fingerprint density at radius 1 is 1.12 bits per heavy atom. The van der Waals surface area contributed by atoms with Crippen LogP contribution in [0.1, 0.15) is 63.0 Å². The number of fused-ring (bicyclic) bond motifs is 1. The van der Waals surface area contributed by atoms with Crippen molar-refractivity contribution in [2.45, 2.75) is 63.1 Å². The first kappa shape index (κ1) is 15.2. The van der Waals surface area contributed by atoms with Crippen LogP contribution in [0, 0.1) is 11.8 Å². The number of rotatable bonds is 1. The summed E-state index contributed by atoms with van der Waals surface area (Å²) in [7, 11) is 0. The van der Waals surface area contributed by atoms with Crippen LogP contribution in [0.15, 0.2) is 29.3 Å². The van der Waals surface area contributed by atoms with Crippen molar-refractivity contribution in [3.05, 3.63) is 39.9 Å². The molecule has 3 nitrogen and oxygen atoms in total. The van der Waals surface area contributed by atoms with Gasteiger partial charge in [0.25, 0.3) is 0 Å². The zero-order valence-electron chi connectivity index (χ0n) is 13.8. The van der Waals surface area contributed by atoms with Gasteiger partial charge in [0.05, 0.1) is 5.02 Å². The Hall–Kier alpha value is -1.03. The molecule has 4 atom stereocenters. The lowest BCUT2D eigenvalue weighted by atomic mass is 9.54. The Labute approximate surface area is 147 Å². The van der Waals surface area contributed by atoms with E-state index in [-0.39, 0.29) is 17.5 Å². The normalized spacial score (nSPS) is 38.0. The van der Waals surface area contributed by atoms with Crippen molar-refractivity contribution in [2.24, 2.45) is 11.8 Å². The number of halogens is 1. The minimum atomic E-state index is -0.227. The van der Waals surface area contributed by atoms with Crippen LogP contribution < -0.4 is 0 Å². The molecular formula is C20H23ClO3. The second-order valence-corrected chi connectivity index (χ2v) is 8.25. The van der Waals surface area contributed by atoms with E-state index in [1.807, 2.05) is 6.07 Å². The second-order valence-electron chi connectivity index (χ2n) is 7.84. The highest BCUT2D eigenvalue weighted by molar-refractivity contribution is 6.32. The van der Waals surface area contributed by atoms with E-state index in [0.717, 1.165) is 5.56 Å². The first-order chi connectivity index (χ1) is 11.7. The van der Waals surface area contributed by atoms with Gasteiger partial charge in [-0.1, -0.05) is 35.2 Å². The quantitative estimate of drug-likeness (QED) is 0.540. The van der Waals surface area contributed by atoms with Gasteiger partial charge in [-0.25, -0.2) is 9.78 Å². The molecule has 1 aromatic carbocycles. The highest BCUT2D eigenvalue weighted by atomic mass is 35.5. The molecule has 5 rings (SSSR count). The highest BCUT2D eigenvalue weighted by Crippen LogP contribution is 2.64. The third-order valence-electron chi connectivity index (χ3n) is 6.74. The van der Waals surface area contributed by atoms with Gasteiger partial charge in [0.1, 0.15) is 11.4 Å². The number of hydrogen-bond acceptors (Lipinski definition) is 3. The number of phenolic OH excluding ortho intramolecular Hbond substituents is 1. The van der Waals surface area contributed by atoms with Crippen molar-refractivity contribution in [3.8, 4) is 5.75 Å². The van der Waals surface area contributed by atoms with Gasteiger partial charge in [-0.15, -0.1) is 0 Å². The summed E-state index contributed by atoms with van der Waals surface area (Å²) in [4.78, 5) is 11.6. The second kappa shape index (κ2) is 5.48. The summed E-state index contributed by atoms with van der Waals surface area (Å²) in [6.45, 7) is 0. The lowest BCUT2D eigenvalue weighted by Gasteiger charge is -2.61. The molecule has 0 radical (unpaired) electrons. The smallest absolute Gasteiger partial charge is 0.151 e. The molecule has 1 aromatic rings. The minimum absolute atomic E-state index is 0.0908. The van der Waals surface area contributed by atoms with E-state index in [1.54, 1.807) is 23.3 Å². The third-order valence-corrected chi connectivity index (χ3v) is 7.06. The molecule has 2 fully saturated rings. The minimum Gasteiger partial charge on any atom is -0.506 e. The fourth-order valence-electron chi connectivity index (χ4n) is 5.69. The summed E-state index contributed by atoms with van der Waals surface area (Å²) >= 11 is 5.98. The Bertz CT molecular complexity index is 713. The Morgan fingerprint density at radius 3 is 2.79 bits per heavy atom. The van der Waals surface area contributed by atoms with Crippen molar-refractivity contribution in [1.29, 1.82) is 0 Å². The molecule has 0 aromatic heterocycles. The van der Waals surface area contributed by atoms with Gasteiger partial charge in [0, 0.05) is 5.92 Å². The molecular weight excluding hydrogens is 324 g/mol. The van der Waals surface area contributed by atoms with E-state index >= 15 is 0 Å². The van der Waals surface area contributed by atoms with E-state index in [0.29, 0.717) is 16.9 Å². The average Bonchev–Trinajstić information content (AvgIpc) is 2.56. The monoisotopic (exact) mass is 346 g/mol. The Kier molecular flexibility index (Phi) is 3.48. The molecule has 0 amide bonds. The first-order valence-electron chi connectivity index (χ1n) is 9.24. The molecule has 4 unspecified atom stereocenters. The van der Waals surface area contributed by atoms with Crippen LogP contribution in [0.2, 0.25) is 5.02 Å². The van der Waals surface area contributed by atoms with Crippen molar-refractivity contribution >= 4 is 11.6 Å². The number of allylic oxidation sites excluding steroid dienone is 1. The van der Waals surface area contributed by atoms with E-state index in [4.69, 9.17) is 21.4 Å². The average molecular weight is 347 g/mol. The number of aromatic hydroxyl groups is 1. The number of phenols is 1. The maximum absolute atomic E-state index is 10.0. The van der Waals surface area contributed by atoms with Crippen LogP contribution in [-0.2, 0) is 9.78 Å². The maximum Gasteiger partial charge on any atom is 0.151 e. The van der Waals surface area contributed by atoms with E-state index in [9.17, 15) is 5.11 Å². The molecule has 1 saturated carbocycles. The molecule has 1 saturated heterocycles. The topological polar surface area (TPSA) is 38.7 Å². The van der Waals surface area contributed by atoms with Crippen molar-refractivity contribution in [1.82, 2.24) is 0 Å². The zero-order valence-corrected chi connectivity index (χ0v) is 14.5. The van der Waals surface area contributed by atoms with Gasteiger partial charge in [-0.3, -0.25) is 0 Å². The summed E-state index contributed by atoms with van der Waals surface area (Å²) in [5, 5.41) is 10.4. The molecule has 1 heterocycles. The standard InChI is InChI=1S/C20H23ClO3/c21-17-9-8-13(11-18(17)22)19-20(24-23-19)14-5-3-7-16(20)15-6-2-1-4-12(15)10-14/h8-9,11,14,16,19,22H,1-7,10H2. The molecule has 1 spiro atoms. The van der Waals surface area contributed by atoms with E-state index < -0.39 is 0 Å². The Balaban J connectivity index is 1.57. The number of hydrogen-bond donors (Lipinski definition) is 1. The SMILES string of the molecule is Oc1cc(C2OOC23C2CCCC3C3=C(CCCC3)C2)ccc1Cl. The lowest BCUT2D eigenvalue weighted by molar-refractivity contribution is -0.541. The van der Waals surface area contributed by atoms with Gasteiger partial charge in [0.2, 0.25) is 0 Å². The molecule has 2 bridgehead atoms. The number of benzene rings is 1. The zero-order chi connectivity index (χ0) is 16.3. The van der Waals surface area contributed by atoms with Crippen LogP contribution in [-0.4, -0.2) is 10.7 Å². The maximum atomic E-state index is 10.0. The summed E-state index contributed by atoms with van der Waals surface area (Å²) in [6, 6.07) is 5.47. The summed E-state index contributed by atoms with van der Waals surface area (Å²) in [5.41, 5.74) is 4.15. The Morgan fingerprint density at radius 2 is 2.00 bits per heavy atom. The predicted octanol–water partition coefficient (Wildman–Crippen LogP) is 5.48. The summed E-state index contributed by atoms with van der Waals surface area (Å²) in [6.07, 6.45) is 9.96. The fourth-order valence-corrected chi connectivity index (χ4v) is 5.81. The lowest BCUT2D eigenvalue weighted by Crippen LogP contribution is -2.64. The highest BCUT2D eigenvalue weighted by Gasteiger charge is 2.65. The van der Waals surface area contributed by atoms with Gasteiger partial charge in [0.15, 0.2) is 6.10 Å². The van der Waals surface area contributed by atoms with Gasteiger partial charge in [-0.2, -0.15) is 0 Å². The van der Waals surface area contributed by atoms with Crippen LogP contribution >= 0.6 is 11.6 Å². The summed E-state index contributed by atoms with van der Waals surface area (Å²) in [5.74, 6) is 1.14. The molecule has 1 aliphatic heterocycles. The van der Waals surface area contributed by atoms with Gasteiger partial charge in [-0.05, 0) is 68.6 Å². The van der Waals surface area contributed by atoms with Crippen LogP contribution in [0.3, 0.4) is 0 Å². The molecule has 3 aliphatic carbocycles. The predicted molar refractivity (Wildman–Crippen MR) is 91.7 cm³/mol. The third kappa shape index (κ3) is 1.98. The van der Waals surface area contributed by atoms with Gasteiger partial charge >= 0.3 is 0 Å². The van der Waals surface area contributed by atoms with Crippen LogP contribution in [0.25, 0.3) is 0 Å². The fraction of sp³-hybridized carbons (Fsp3) is 0.600.